The molecule has 142 valence electrons. The minimum Gasteiger partial charge on any atom is -0.350 e. The van der Waals surface area contributed by atoms with Gasteiger partial charge in [-0.25, -0.2) is 0 Å². The van der Waals surface area contributed by atoms with Crippen LogP contribution in [0.2, 0.25) is 0 Å². The van der Waals surface area contributed by atoms with Gasteiger partial charge in [-0.15, -0.1) is 0 Å². The van der Waals surface area contributed by atoms with Crippen LogP contribution in [0.3, 0.4) is 0 Å². The second-order valence-electron chi connectivity index (χ2n) is 7.83. The van der Waals surface area contributed by atoms with Crippen molar-refractivity contribution in [2.24, 2.45) is 12.5 Å². The number of benzene rings is 1. The predicted molar refractivity (Wildman–Crippen MR) is 102 cm³/mol. The normalized spacial score (nSPS) is 24.7. The van der Waals surface area contributed by atoms with Gasteiger partial charge < -0.3 is 10.2 Å². The molecule has 2 heterocycles. The van der Waals surface area contributed by atoms with E-state index in [-0.39, 0.29) is 23.3 Å². The number of carbonyl (C=O) groups excluding carboxylic acids is 2. The van der Waals surface area contributed by atoms with Crippen LogP contribution in [0.4, 0.5) is 0 Å². The molecule has 27 heavy (non-hydrogen) atoms. The average molecular weight is 366 g/mol. The highest BCUT2D eigenvalue weighted by Crippen LogP contribution is 2.48. The van der Waals surface area contributed by atoms with Crippen LogP contribution in [-0.4, -0.2) is 39.1 Å². The van der Waals surface area contributed by atoms with Crippen molar-refractivity contribution in [3.63, 3.8) is 0 Å². The number of aromatic nitrogens is 2. The van der Waals surface area contributed by atoms with E-state index in [0.717, 1.165) is 31.2 Å². The predicted octanol–water partition coefficient (Wildman–Crippen LogP) is 2.51. The van der Waals surface area contributed by atoms with E-state index in [1.807, 2.05) is 18.2 Å². The molecule has 2 amide bonds. The fourth-order valence-electron chi connectivity index (χ4n) is 4.73. The van der Waals surface area contributed by atoms with Crippen molar-refractivity contribution in [1.82, 2.24) is 20.0 Å². The van der Waals surface area contributed by atoms with Crippen molar-refractivity contribution >= 4 is 11.8 Å². The van der Waals surface area contributed by atoms with E-state index >= 15 is 0 Å². The average Bonchev–Trinajstić information content (AvgIpc) is 3.30. The van der Waals surface area contributed by atoms with E-state index in [2.05, 4.69) is 27.4 Å². The summed E-state index contributed by atoms with van der Waals surface area (Å²) in [7, 11) is 1.80. The Hall–Kier alpha value is -2.63. The van der Waals surface area contributed by atoms with E-state index in [9.17, 15) is 9.59 Å². The van der Waals surface area contributed by atoms with Gasteiger partial charge in [0.2, 0.25) is 5.91 Å². The quantitative estimate of drug-likeness (QED) is 0.884. The van der Waals surface area contributed by atoms with Gasteiger partial charge in [0.05, 0.1) is 0 Å². The highest BCUT2D eigenvalue weighted by Gasteiger charge is 2.50. The number of amides is 2. The van der Waals surface area contributed by atoms with Gasteiger partial charge in [0.1, 0.15) is 5.69 Å². The summed E-state index contributed by atoms with van der Waals surface area (Å²) in [6, 6.07) is 12.1. The maximum atomic E-state index is 12.7. The van der Waals surface area contributed by atoms with Crippen LogP contribution in [0.5, 0.6) is 0 Å². The molecule has 6 nitrogen and oxygen atoms in total. The van der Waals surface area contributed by atoms with Crippen LogP contribution in [0.15, 0.2) is 42.6 Å². The molecule has 0 bridgehead atoms. The van der Waals surface area contributed by atoms with Crippen LogP contribution >= 0.6 is 0 Å². The number of aryl methyl sites for hydroxylation is 1. The van der Waals surface area contributed by atoms with Crippen molar-refractivity contribution in [2.45, 2.75) is 44.7 Å². The van der Waals surface area contributed by atoms with Gasteiger partial charge in [-0.3, -0.25) is 14.3 Å². The van der Waals surface area contributed by atoms with Gasteiger partial charge >= 0.3 is 0 Å². The second-order valence-corrected chi connectivity index (χ2v) is 7.83. The van der Waals surface area contributed by atoms with Crippen molar-refractivity contribution in [3.8, 4) is 0 Å². The molecule has 2 atom stereocenters. The monoisotopic (exact) mass is 366 g/mol. The number of nitrogens with zero attached hydrogens (tertiary/aromatic N) is 3. The summed E-state index contributed by atoms with van der Waals surface area (Å²) in [5.41, 5.74) is 1.58. The van der Waals surface area contributed by atoms with Crippen LogP contribution in [0.1, 0.15) is 48.2 Å². The van der Waals surface area contributed by atoms with E-state index in [1.165, 1.54) is 0 Å². The molecular formula is C21H26N4O2. The summed E-state index contributed by atoms with van der Waals surface area (Å²) in [6.07, 6.45) is 6.35. The van der Waals surface area contributed by atoms with Crippen molar-refractivity contribution in [2.75, 3.05) is 6.54 Å². The lowest BCUT2D eigenvalue weighted by Crippen LogP contribution is -2.55. The first-order valence-corrected chi connectivity index (χ1v) is 9.69. The van der Waals surface area contributed by atoms with Crippen molar-refractivity contribution < 1.29 is 9.59 Å². The zero-order valence-electron chi connectivity index (χ0n) is 15.7. The lowest BCUT2D eigenvalue weighted by Gasteiger charge is -2.46. The summed E-state index contributed by atoms with van der Waals surface area (Å²) in [5, 5.41) is 7.27. The molecule has 1 aromatic carbocycles. The van der Waals surface area contributed by atoms with Gasteiger partial charge in [-0.05, 0) is 30.9 Å². The molecule has 1 aromatic heterocycles. The molecule has 4 rings (SSSR count). The van der Waals surface area contributed by atoms with Gasteiger partial charge in [-0.1, -0.05) is 36.8 Å². The summed E-state index contributed by atoms with van der Waals surface area (Å²) >= 11 is 0. The Balaban J connectivity index is 1.49. The Morgan fingerprint density at radius 2 is 2.07 bits per heavy atom. The first-order valence-electron chi connectivity index (χ1n) is 9.69. The molecule has 1 N–H and O–H groups in total. The highest BCUT2D eigenvalue weighted by molar-refractivity contribution is 5.92. The largest absolute Gasteiger partial charge is 0.350 e. The molecule has 2 fully saturated rings. The lowest BCUT2D eigenvalue weighted by atomic mass is 9.74. The van der Waals surface area contributed by atoms with Crippen LogP contribution in [-0.2, 0) is 18.4 Å². The Morgan fingerprint density at radius 3 is 2.81 bits per heavy atom. The molecule has 1 aliphatic heterocycles. The molecule has 0 radical (unpaired) electrons. The molecule has 1 saturated heterocycles. The maximum Gasteiger partial charge on any atom is 0.271 e. The number of rotatable bonds is 5. The van der Waals surface area contributed by atoms with E-state index in [1.54, 1.807) is 24.0 Å². The van der Waals surface area contributed by atoms with E-state index in [0.29, 0.717) is 25.2 Å². The lowest BCUT2D eigenvalue weighted by molar-refractivity contribution is -0.142. The van der Waals surface area contributed by atoms with Crippen LogP contribution < -0.4 is 5.32 Å². The van der Waals surface area contributed by atoms with Gasteiger partial charge in [0, 0.05) is 44.2 Å². The van der Waals surface area contributed by atoms with Crippen LogP contribution in [0.25, 0.3) is 0 Å². The Bertz CT molecular complexity index is 832. The number of piperidine rings is 1. The van der Waals surface area contributed by atoms with Gasteiger partial charge in [-0.2, -0.15) is 5.10 Å². The third-order valence-electron chi connectivity index (χ3n) is 6.14. The molecule has 1 saturated carbocycles. The number of likely N-dealkylation sites (tertiary alicyclic amines) is 1. The Kier molecular flexibility index (Phi) is 4.72. The van der Waals surface area contributed by atoms with Crippen molar-refractivity contribution in [3.05, 3.63) is 53.9 Å². The maximum absolute atomic E-state index is 12.7. The van der Waals surface area contributed by atoms with Gasteiger partial charge in [0.15, 0.2) is 0 Å². The van der Waals surface area contributed by atoms with E-state index in [4.69, 9.17) is 0 Å². The third-order valence-corrected chi connectivity index (χ3v) is 6.14. The zero-order chi connectivity index (χ0) is 18.9. The SMILES string of the molecule is Cn1ccc(C(=O)NC[C@@]23CCC[C@H]2N(Cc2ccccc2)C(=O)CC3)n1. The second kappa shape index (κ2) is 7.18. The molecule has 2 aromatic rings. The van der Waals surface area contributed by atoms with Crippen LogP contribution in [0, 0.1) is 5.41 Å². The molecular weight excluding hydrogens is 340 g/mol. The minimum absolute atomic E-state index is 0.0207. The molecule has 1 aliphatic carbocycles. The summed E-state index contributed by atoms with van der Waals surface area (Å²) in [5.74, 6) is 0.0968. The zero-order valence-corrected chi connectivity index (χ0v) is 15.7. The molecule has 0 spiro atoms. The first-order chi connectivity index (χ1) is 13.1. The Labute approximate surface area is 159 Å². The summed E-state index contributed by atoms with van der Waals surface area (Å²) < 4.78 is 1.63. The number of hydrogen-bond donors (Lipinski definition) is 1. The summed E-state index contributed by atoms with van der Waals surface area (Å²) in [4.78, 5) is 27.2. The molecule has 2 aliphatic rings. The Morgan fingerprint density at radius 1 is 1.26 bits per heavy atom. The number of hydrogen-bond acceptors (Lipinski definition) is 3. The topological polar surface area (TPSA) is 67.2 Å². The molecule has 6 heteroatoms. The standard InChI is InChI=1S/C21H26N4O2/c1-24-13-10-17(23-24)20(27)22-15-21-11-5-8-18(21)25(19(26)9-12-21)14-16-6-3-2-4-7-16/h2-4,6-7,10,13,18H,5,8-9,11-12,14-15H2,1H3,(H,22,27)/t18-,21+/m1/s1. The minimum atomic E-state index is -0.137. The number of nitrogens with one attached hydrogen (secondary N) is 1. The highest BCUT2D eigenvalue weighted by atomic mass is 16.2. The van der Waals surface area contributed by atoms with E-state index < -0.39 is 0 Å². The number of carbonyl (C=O) groups is 2. The fraction of sp³-hybridized carbons (Fsp3) is 0.476. The number of fused-ring (bicyclic) bond motifs is 1. The third kappa shape index (κ3) is 3.48. The molecule has 0 unspecified atom stereocenters. The fourth-order valence-corrected chi connectivity index (χ4v) is 4.73. The van der Waals surface area contributed by atoms with Crippen molar-refractivity contribution in [1.29, 1.82) is 0 Å². The van der Waals surface area contributed by atoms with Gasteiger partial charge in [0.25, 0.3) is 5.91 Å². The smallest absolute Gasteiger partial charge is 0.271 e. The first kappa shape index (κ1) is 17.8. The summed E-state index contributed by atoms with van der Waals surface area (Å²) in [6.45, 7) is 1.26.